The molecule has 0 amide bonds. The van der Waals surface area contributed by atoms with Gasteiger partial charge in [-0.05, 0) is 39.9 Å². The molecular weight excluding hydrogens is 172 g/mol. The van der Waals surface area contributed by atoms with E-state index in [2.05, 4.69) is 40.0 Å². The summed E-state index contributed by atoms with van der Waals surface area (Å²) >= 11 is 0. The van der Waals surface area contributed by atoms with E-state index >= 15 is 0 Å². The fourth-order valence-corrected chi connectivity index (χ4v) is 1.43. The molecule has 0 aromatic rings. The maximum absolute atomic E-state index is 3.96. The second-order valence-corrected chi connectivity index (χ2v) is 5.10. The molecule has 84 valence electrons. The van der Waals surface area contributed by atoms with Crippen LogP contribution in [0.15, 0.2) is 0 Å². The van der Waals surface area contributed by atoms with Crippen LogP contribution in [0.25, 0.3) is 0 Å². The largest absolute Gasteiger partial charge is 0.309 e. The van der Waals surface area contributed by atoms with Crippen LogP contribution < -0.4 is 0 Å². The lowest BCUT2D eigenvalue weighted by molar-refractivity contribution is -0.885. The smallest absolute Gasteiger partial charge is 0.209 e. The minimum atomic E-state index is 0.998. The summed E-state index contributed by atoms with van der Waals surface area (Å²) < 4.78 is 1.06. The summed E-state index contributed by atoms with van der Waals surface area (Å²) in [5.41, 5.74) is 0. The van der Waals surface area contributed by atoms with Gasteiger partial charge in [-0.25, -0.2) is 0 Å². The molecule has 0 radical (unpaired) electrons. The highest BCUT2D eigenvalue weighted by molar-refractivity contribution is 4.47. The van der Waals surface area contributed by atoms with E-state index in [0.717, 1.165) is 11.0 Å². The summed E-state index contributed by atoms with van der Waals surface area (Å²) in [4.78, 5) is 2.26. The fourth-order valence-electron chi connectivity index (χ4n) is 1.43. The monoisotopic (exact) mass is 200 g/mol. The third kappa shape index (κ3) is 8.39. The Morgan fingerprint density at radius 1 is 1.00 bits per heavy atom. The van der Waals surface area contributed by atoms with Crippen LogP contribution >= 0.6 is 0 Å². The van der Waals surface area contributed by atoms with Crippen LogP contribution in [0, 0.1) is 6.92 Å². The molecule has 0 atom stereocenters. The molecule has 0 aliphatic heterocycles. The average molecular weight is 200 g/mol. The maximum atomic E-state index is 3.96. The first kappa shape index (κ1) is 13.8. The summed E-state index contributed by atoms with van der Waals surface area (Å²) in [5.74, 6) is 0. The highest BCUT2D eigenvalue weighted by Gasteiger charge is 2.13. The number of quaternary nitrogens is 1. The summed E-state index contributed by atoms with van der Waals surface area (Å²) in [5, 5.41) is 0. The van der Waals surface area contributed by atoms with Gasteiger partial charge in [0.1, 0.15) is 6.92 Å². The second kappa shape index (κ2) is 7.13. The number of unbranched alkanes of at least 4 members (excludes halogenated alkanes) is 3. The molecule has 0 aliphatic carbocycles. The molecule has 0 N–H and O–H groups in total. The first-order valence-electron chi connectivity index (χ1n) is 5.74. The van der Waals surface area contributed by atoms with E-state index in [4.69, 9.17) is 0 Å². The Kier molecular flexibility index (Phi) is 7.02. The quantitative estimate of drug-likeness (QED) is 0.329. The zero-order chi connectivity index (χ0) is 11.0. The molecule has 2 nitrogen and oxygen atoms in total. The Hall–Kier alpha value is -0.210. The normalized spacial score (nSPS) is 12.4. The van der Waals surface area contributed by atoms with Crippen molar-refractivity contribution in [2.75, 3.05) is 47.8 Å². The zero-order valence-corrected chi connectivity index (χ0v) is 10.6. The van der Waals surface area contributed by atoms with Crippen molar-refractivity contribution >= 4 is 0 Å². The summed E-state index contributed by atoms with van der Waals surface area (Å²) in [6.45, 7) is 7.46. The Balaban J connectivity index is 3.21. The molecule has 0 aliphatic rings. The predicted molar refractivity (Wildman–Crippen MR) is 64.2 cm³/mol. The van der Waals surface area contributed by atoms with Gasteiger partial charge in [0.05, 0.1) is 20.6 Å². The van der Waals surface area contributed by atoms with Crippen LogP contribution in [0.1, 0.15) is 25.7 Å². The van der Waals surface area contributed by atoms with Gasteiger partial charge >= 0.3 is 0 Å². The summed E-state index contributed by atoms with van der Waals surface area (Å²) in [7, 11) is 8.80. The van der Waals surface area contributed by atoms with Gasteiger partial charge in [-0.1, -0.05) is 6.42 Å². The Bertz CT molecular complexity index is 130. The molecule has 0 unspecified atom stereocenters. The summed E-state index contributed by atoms with van der Waals surface area (Å²) in [6.07, 6.45) is 5.42. The average Bonchev–Trinajstić information content (AvgIpc) is 2.10. The Morgan fingerprint density at radius 3 is 2.07 bits per heavy atom. The first-order chi connectivity index (χ1) is 6.48. The molecule has 2 heteroatoms. The lowest BCUT2D eigenvalue weighted by Gasteiger charge is -2.24. The van der Waals surface area contributed by atoms with E-state index in [1.807, 2.05) is 0 Å². The zero-order valence-electron chi connectivity index (χ0n) is 10.6. The van der Waals surface area contributed by atoms with Gasteiger partial charge in [0.15, 0.2) is 0 Å². The maximum Gasteiger partial charge on any atom is 0.209 e. The van der Waals surface area contributed by atoms with Crippen molar-refractivity contribution in [2.24, 2.45) is 0 Å². The molecular formula is C12H28N2+2. The van der Waals surface area contributed by atoms with Crippen LogP contribution in [0.3, 0.4) is 0 Å². The van der Waals surface area contributed by atoms with Crippen LogP contribution in [0.2, 0.25) is 0 Å². The van der Waals surface area contributed by atoms with Gasteiger partial charge in [0, 0.05) is 0 Å². The molecule has 0 rings (SSSR count). The molecule has 0 heterocycles. The van der Waals surface area contributed by atoms with Crippen molar-refractivity contribution in [2.45, 2.75) is 25.7 Å². The molecule has 0 saturated heterocycles. The van der Waals surface area contributed by atoms with E-state index in [1.165, 1.54) is 38.8 Å². The third-order valence-electron chi connectivity index (χ3n) is 2.72. The van der Waals surface area contributed by atoms with E-state index in [9.17, 15) is 0 Å². The minimum Gasteiger partial charge on any atom is -0.309 e. The van der Waals surface area contributed by atoms with Crippen molar-refractivity contribution in [1.82, 2.24) is 4.90 Å². The molecule has 0 fully saturated rings. The highest BCUT2D eigenvalue weighted by atomic mass is 15.3. The van der Waals surface area contributed by atoms with Crippen molar-refractivity contribution in [1.29, 1.82) is 0 Å². The molecule has 0 spiro atoms. The van der Waals surface area contributed by atoms with Crippen LogP contribution in [0.5, 0.6) is 0 Å². The minimum absolute atomic E-state index is 0.998. The standard InChI is InChI=1S/C12H28N2/c1-6-14(4,5)12-10-8-7-9-11-13(2)3/h1,6-12H2,2-5H3/q+2. The van der Waals surface area contributed by atoms with Crippen LogP contribution in [0.4, 0.5) is 0 Å². The summed E-state index contributed by atoms with van der Waals surface area (Å²) in [6, 6.07) is 0. The van der Waals surface area contributed by atoms with Crippen LogP contribution in [-0.4, -0.2) is 57.2 Å². The van der Waals surface area contributed by atoms with Gasteiger partial charge in [0.25, 0.3) is 0 Å². The number of rotatable bonds is 8. The van der Waals surface area contributed by atoms with Crippen molar-refractivity contribution in [3.8, 4) is 0 Å². The van der Waals surface area contributed by atoms with E-state index in [1.54, 1.807) is 0 Å². The SMILES string of the molecule is [CH2+]C[N+](C)(C)CCCCCCN(C)C. The lowest BCUT2D eigenvalue weighted by Crippen LogP contribution is -2.40. The van der Waals surface area contributed by atoms with Crippen molar-refractivity contribution in [3.05, 3.63) is 6.92 Å². The molecule has 0 saturated carbocycles. The number of hydrogen-bond acceptors (Lipinski definition) is 1. The first-order valence-corrected chi connectivity index (χ1v) is 5.74. The molecule has 0 aromatic carbocycles. The number of hydrogen-bond donors (Lipinski definition) is 0. The number of nitrogens with zero attached hydrogens (tertiary/aromatic N) is 2. The fraction of sp³-hybridized carbons (Fsp3) is 0.917. The lowest BCUT2D eigenvalue weighted by atomic mass is 10.2. The van der Waals surface area contributed by atoms with Gasteiger partial charge in [0.2, 0.25) is 6.54 Å². The van der Waals surface area contributed by atoms with Crippen LogP contribution in [-0.2, 0) is 0 Å². The van der Waals surface area contributed by atoms with Crippen molar-refractivity contribution < 1.29 is 4.48 Å². The Morgan fingerprint density at radius 2 is 1.57 bits per heavy atom. The topological polar surface area (TPSA) is 3.24 Å². The molecule has 0 aromatic heterocycles. The van der Waals surface area contributed by atoms with Crippen molar-refractivity contribution in [3.63, 3.8) is 0 Å². The third-order valence-corrected chi connectivity index (χ3v) is 2.72. The van der Waals surface area contributed by atoms with Gasteiger partial charge < -0.3 is 4.90 Å². The van der Waals surface area contributed by atoms with E-state index in [0.29, 0.717) is 0 Å². The highest BCUT2D eigenvalue weighted by Crippen LogP contribution is 2.05. The van der Waals surface area contributed by atoms with Gasteiger partial charge in [-0.3, -0.25) is 4.48 Å². The Labute approximate surface area is 90.5 Å². The second-order valence-electron chi connectivity index (χ2n) is 5.10. The molecule has 0 bridgehead atoms. The van der Waals surface area contributed by atoms with Gasteiger partial charge in [-0.2, -0.15) is 0 Å². The van der Waals surface area contributed by atoms with E-state index in [-0.39, 0.29) is 0 Å². The van der Waals surface area contributed by atoms with Gasteiger partial charge in [-0.15, -0.1) is 0 Å². The van der Waals surface area contributed by atoms with E-state index < -0.39 is 0 Å². The molecule has 14 heavy (non-hydrogen) atoms. The predicted octanol–water partition coefficient (Wildman–Crippen LogP) is 2.02.